The number of benzene rings is 1. The summed E-state index contributed by atoms with van der Waals surface area (Å²) in [6, 6.07) is 6.09. The van der Waals surface area contributed by atoms with E-state index in [0.29, 0.717) is 11.6 Å². The van der Waals surface area contributed by atoms with Crippen LogP contribution in [0.1, 0.15) is 14.7 Å². The van der Waals surface area contributed by atoms with Gasteiger partial charge in [0.15, 0.2) is 5.01 Å². The van der Waals surface area contributed by atoms with Gasteiger partial charge in [0, 0.05) is 54.8 Å². The maximum Gasteiger partial charge on any atom is 0.282 e. The lowest BCUT2D eigenvalue weighted by molar-refractivity contribution is 0.0735. The number of piperazine rings is 1. The summed E-state index contributed by atoms with van der Waals surface area (Å²) in [6.45, 7) is 3.72. The molecule has 2 aromatic heterocycles. The van der Waals surface area contributed by atoms with Crippen LogP contribution in [0, 0.1) is 0 Å². The van der Waals surface area contributed by atoms with Crippen LogP contribution >= 0.6 is 11.3 Å². The van der Waals surface area contributed by atoms with E-state index in [1.54, 1.807) is 6.20 Å². The summed E-state index contributed by atoms with van der Waals surface area (Å²) in [5, 5.41) is 10.7. The van der Waals surface area contributed by atoms with Crippen molar-refractivity contribution in [1.82, 2.24) is 25.4 Å². The third-order valence-electron chi connectivity index (χ3n) is 4.94. The Kier molecular flexibility index (Phi) is 4.14. The number of amides is 1. The van der Waals surface area contributed by atoms with Crippen molar-refractivity contribution in [2.45, 2.75) is 6.42 Å². The number of fused-ring (bicyclic) bond motifs is 3. The summed E-state index contributed by atoms with van der Waals surface area (Å²) in [5.74, 6) is 0.839. The van der Waals surface area contributed by atoms with E-state index in [9.17, 15) is 4.79 Å². The highest BCUT2D eigenvalue weighted by molar-refractivity contribution is 7.14. The average Bonchev–Trinajstić information content (AvgIpc) is 3.36. The third-order valence-corrected chi connectivity index (χ3v) is 6.04. The summed E-state index contributed by atoms with van der Waals surface area (Å²) in [7, 11) is 0. The quantitative estimate of drug-likeness (QED) is 0.711. The van der Waals surface area contributed by atoms with Gasteiger partial charge in [-0.15, -0.1) is 11.3 Å². The molecule has 2 aliphatic heterocycles. The lowest BCUT2D eigenvalue weighted by atomic mass is 10.0. The maximum atomic E-state index is 12.8. The molecule has 7 nitrogen and oxygen atoms in total. The molecule has 0 unspecified atom stereocenters. The Balaban J connectivity index is 1.51. The number of carbonyl (C=O) groups is 1. The van der Waals surface area contributed by atoms with Crippen molar-refractivity contribution in [3.63, 3.8) is 0 Å². The Hall–Kier alpha value is -2.71. The zero-order valence-corrected chi connectivity index (χ0v) is 15.5. The molecular formula is C19H19N5O2S. The predicted molar refractivity (Wildman–Crippen MR) is 103 cm³/mol. The standard InChI is InChI=1S/C19H19N5O2S/c25-19(24-6-4-20-5-7-24)18-23-17-14-2-1-12(13-10-21-22-11-13)9-15(14)26-8-3-16(17)27-18/h1-2,9-11,20H,3-8H2,(H,21,22). The molecule has 3 aromatic rings. The molecule has 5 rings (SSSR count). The number of carbonyl (C=O) groups excluding carboxylic acids is 1. The predicted octanol–water partition coefficient (Wildman–Crippen LogP) is 2.18. The fourth-order valence-electron chi connectivity index (χ4n) is 3.51. The van der Waals surface area contributed by atoms with Gasteiger partial charge < -0.3 is 15.0 Å². The van der Waals surface area contributed by atoms with Crippen molar-refractivity contribution >= 4 is 17.2 Å². The van der Waals surface area contributed by atoms with Crippen molar-refractivity contribution in [3.05, 3.63) is 40.5 Å². The van der Waals surface area contributed by atoms with Crippen LogP contribution in [-0.2, 0) is 6.42 Å². The van der Waals surface area contributed by atoms with Crippen molar-refractivity contribution in [1.29, 1.82) is 0 Å². The molecule has 138 valence electrons. The van der Waals surface area contributed by atoms with Gasteiger partial charge in [-0.05, 0) is 17.7 Å². The van der Waals surface area contributed by atoms with Gasteiger partial charge in [-0.1, -0.05) is 6.07 Å². The van der Waals surface area contributed by atoms with Crippen molar-refractivity contribution in [2.24, 2.45) is 0 Å². The second kappa shape index (κ2) is 6.79. The van der Waals surface area contributed by atoms with Crippen LogP contribution in [-0.4, -0.2) is 58.8 Å². The topological polar surface area (TPSA) is 83.1 Å². The number of aromatic nitrogens is 3. The van der Waals surface area contributed by atoms with E-state index in [-0.39, 0.29) is 5.91 Å². The largest absolute Gasteiger partial charge is 0.492 e. The maximum absolute atomic E-state index is 12.8. The number of aromatic amines is 1. The van der Waals surface area contributed by atoms with Crippen LogP contribution in [0.5, 0.6) is 5.75 Å². The number of ether oxygens (including phenoxy) is 1. The molecule has 2 aliphatic rings. The van der Waals surface area contributed by atoms with Gasteiger partial charge in [0.1, 0.15) is 5.75 Å². The van der Waals surface area contributed by atoms with Gasteiger partial charge in [0.2, 0.25) is 0 Å². The highest BCUT2D eigenvalue weighted by Gasteiger charge is 2.26. The Bertz CT molecular complexity index is 976. The van der Waals surface area contributed by atoms with Gasteiger partial charge in [-0.3, -0.25) is 9.89 Å². The van der Waals surface area contributed by atoms with Crippen molar-refractivity contribution in [2.75, 3.05) is 32.8 Å². The number of hydrogen-bond acceptors (Lipinski definition) is 6. The van der Waals surface area contributed by atoms with Crippen LogP contribution in [0.25, 0.3) is 22.4 Å². The number of H-pyrrole nitrogens is 1. The Morgan fingerprint density at radius 3 is 2.93 bits per heavy atom. The molecule has 0 atom stereocenters. The molecule has 1 amide bonds. The summed E-state index contributed by atoms with van der Waals surface area (Å²) in [6.07, 6.45) is 4.41. The second-order valence-corrected chi connectivity index (χ2v) is 7.71. The van der Waals surface area contributed by atoms with Crippen molar-refractivity contribution in [3.8, 4) is 28.1 Å². The first-order valence-corrected chi connectivity index (χ1v) is 9.87. The highest BCUT2D eigenvalue weighted by atomic mass is 32.1. The molecule has 1 saturated heterocycles. The third kappa shape index (κ3) is 3.00. The van der Waals surface area contributed by atoms with E-state index in [1.165, 1.54) is 11.3 Å². The monoisotopic (exact) mass is 381 g/mol. The zero-order chi connectivity index (χ0) is 18.2. The summed E-state index contributed by atoms with van der Waals surface area (Å²) in [4.78, 5) is 20.6. The smallest absolute Gasteiger partial charge is 0.282 e. The fraction of sp³-hybridized carbons (Fsp3) is 0.316. The molecule has 0 spiro atoms. The molecule has 4 heterocycles. The Morgan fingerprint density at radius 2 is 2.11 bits per heavy atom. The normalized spacial score (nSPS) is 16.2. The number of nitrogens with one attached hydrogen (secondary N) is 2. The van der Waals surface area contributed by atoms with Gasteiger partial charge in [-0.25, -0.2) is 4.98 Å². The van der Waals surface area contributed by atoms with Crippen LogP contribution in [0.4, 0.5) is 0 Å². The lowest BCUT2D eigenvalue weighted by Crippen LogP contribution is -2.46. The molecule has 0 saturated carbocycles. The van der Waals surface area contributed by atoms with E-state index in [4.69, 9.17) is 9.72 Å². The Morgan fingerprint density at radius 1 is 1.22 bits per heavy atom. The average molecular weight is 381 g/mol. The minimum absolute atomic E-state index is 0.0343. The van der Waals surface area contributed by atoms with Gasteiger partial charge in [0.05, 0.1) is 18.5 Å². The van der Waals surface area contributed by atoms with E-state index < -0.39 is 0 Å². The van der Waals surface area contributed by atoms with Gasteiger partial charge in [-0.2, -0.15) is 5.10 Å². The first kappa shape index (κ1) is 16.5. The second-order valence-electron chi connectivity index (χ2n) is 6.63. The lowest BCUT2D eigenvalue weighted by Gasteiger charge is -2.26. The first-order valence-electron chi connectivity index (χ1n) is 9.05. The van der Waals surface area contributed by atoms with Crippen molar-refractivity contribution < 1.29 is 9.53 Å². The van der Waals surface area contributed by atoms with Crippen LogP contribution in [0.15, 0.2) is 30.6 Å². The van der Waals surface area contributed by atoms with Crippen LogP contribution < -0.4 is 10.1 Å². The van der Waals surface area contributed by atoms with E-state index in [2.05, 4.69) is 15.5 Å². The molecule has 8 heteroatoms. The number of rotatable bonds is 2. The molecular weight excluding hydrogens is 362 g/mol. The number of hydrogen-bond donors (Lipinski definition) is 2. The molecule has 0 bridgehead atoms. The van der Waals surface area contributed by atoms with Crippen LogP contribution in [0.3, 0.4) is 0 Å². The van der Waals surface area contributed by atoms with E-state index in [1.807, 2.05) is 29.3 Å². The molecule has 2 N–H and O–H groups in total. The molecule has 1 fully saturated rings. The zero-order valence-electron chi connectivity index (χ0n) is 14.7. The molecule has 1 aromatic carbocycles. The highest BCUT2D eigenvalue weighted by Crippen LogP contribution is 2.39. The van der Waals surface area contributed by atoms with Crippen LogP contribution in [0.2, 0.25) is 0 Å². The fourth-order valence-corrected chi connectivity index (χ4v) is 4.53. The molecule has 0 aliphatic carbocycles. The minimum Gasteiger partial charge on any atom is -0.492 e. The van der Waals surface area contributed by atoms with E-state index >= 15 is 0 Å². The number of thiazole rings is 1. The van der Waals surface area contributed by atoms with Gasteiger partial charge >= 0.3 is 0 Å². The van der Waals surface area contributed by atoms with E-state index in [0.717, 1.165) is 65.6 Å². The van der Waals surface area contributed by atoms with Gasteiger partial charge in [0.25, 0.3) is 5.91 Å². The molecule has 0 radical (unpaired) electrons. The number of nitrogens with zero attached hydrogens (tertiary/aromatic N) is 3. The summed E-state index contributed by atoms with van der Waals surface area (Å²) in [5.41, 5.74) is 3.88. The molecule has 27 heavy (non-hydrogen) atoms. The Labute approximate surface area is 160 Å². The summed E-state index contributed by atoms with van der Waals surface area (Å²) >= 11 is 1.50. The SMILES string of the molecule is O=C(c1nc2c(s1)CCOc1cc(-c3cn[nH]c3)ccc1-2)N1CCNCC1. The first-order chi connectivity index (χ1) is 13.3. The summed E-state index contributed by atoms with van der Waals surface area (Å²) < 4.78 is 5.98. The minimum atomic E-state index is 0.0343.